The molecule has 0 aromatic heterocycles. The first-order chi connectivity index (χ1) is 10.2. The smallest absolute Gasteiger partial charge is 0.485 e. The molecule has 0 radical (unpaired) electrons. The van der Waals surface area contributed by atoms with E-state index in [-0.39, 0.29) is 0 Å². The summed E-state index contributed by atoms with van der Waals surface area (Å²) in [7, 11) is -6.09. The van der Waals surface area contributed by atoms with Crippen LogP contribution in [0, 0.1) is 0 Å². The fraction of sp³-hybridized carbons (Fsp3) is 0.714. The van der Waals surface area contributed by atoms with Crippen molar-refractivity contribution < 1.29 is 45.3 Å². The van der Waals surface area contributed by atoms with Gasteiger partial charge in [-0.05, 0) is 25.7 Å². The third-order valence-corrected chi connectivity index (χ3v) is 3.45. The molecule has 0 saturated carbocycles. The van der Waals surface area contributed by atoms with E-state index in [1.54, 1.807) is 0 Å². The maximum absolute atomic E-state index is 10.7. The van der Waals surface area contributed by atoms with Gasteiger partial charge in [0.05, 0.1) is 0 Å². The Hall–Kier alpha value is -0.158. The van der Waals surface area contributed by atoms with Crippen LogP contribution in [0.25, 0.3) is 0 Å². The monoisotopic (exact) mass is 434 g/mol. The molecule has 1 rings (SSSR count). The van der Waals surface area contributed by atoms with Crippen molar-refractivity contribution >= 4 is 10.1 Å². The zero-order chi connectivity index (χ0) is 17.5. The van der Waals surface area contributed by atoms with Crippen LogP contribution >= 0.6 is 0 Å². The molecule has 0 unspecified atom stereocenters. The van der Waals surface area contributed by atoms with E-state index < -0.39 is 15.6 Å². The summed E-state index contributed by atoms with van der Waals surface area (Å²) in [5, 5.41) is 0. The van der Waals surface area contributed by atoms with E-state index in [1.165, 1.54) is 49.8 Å². The second kappa shape index (κ2) is 14.4. The molecule has 0 spiro atoms. The van der Waals surface area contributed by atoms with Crippen LogP contribution in [0.2, 0.25) is 4.89 Å². The fourth-order valence-corrected chi connectivity index (χ4v) is 1.57. The molecule has 0 bridgehead atoms. The second-order valence-corrected chi connectivity index (χ2v) is 6.51. The minimum Gasteiger partial charge on any atom is -0.741 e. The van der Waals surface area contributed by atoms with Crippen molar-refractivity contribution in [3.05, 3.63) is 24.3 Å². The van der Waals surface area contributed by atoms with Crippen LogP contribution in [0.3, 0.4) is 0 Å². The number of halogens is 3. The van der Waals surface area contributed by atoms with E-state index in [0.29, 0.717) is 0 Å². The van der Waals surface area contributed by atoms with Gasteiger partial charge in [0, 0.05) is 0 Å². The number of unbranched alkanes of at least 4 members (excludes halogenated alkanes) is 2. The van der Waals surface area contributed by atoms with E-state index in [0.717, 1.165) is 0 Å². The van der Waals surface area contributed by atoms with Crippen molar-refractivity contribution in [2.45, 2.75) is 62.3 Å². The Morgan fingerprint density at radius 2 is 1.32 bits per heavy atom. The van der Waals surface area contributed by atoms with Gasteiger partial charge in [-0.2, -0.15) is 13.2 Å². The molecule has 3 nitrogen and oxygen atoms in total. The zero-order valence-electron chi connectivity index (χ0n) is 12.5. The van der Waals surface area contributed by atoms with Gasteiger partial charge in [-0.1, -0.05) is 24.3 Å². The first-order valence-electron chi connectivity index (χ1n) is 7.00. The molecule has 1 aliphatic carbocycles. The third kappa shape index (κ3) is 17.9. The summed E-state index contributed by atoms with van der Waals surface area (Å²) in [4.78, 5) is 1.20. The Morgan fingerprint density at radius 1 is 1.00 bits per heavy atom. The van der Waals surface area contributed by atoms with Gasteiger partial charge in [-0.15, -0.1) is 0 Å². The van der Waals surface area contributed by atoms with Crippen LogP contribution in [-0.2, 0) is 29.3 Å². The van der Waals surface area contributed by atoms with Crippen LogP contribution < -0.4 is 0 Å². The van der Waals surface area contributed by atoms with Gasteiger partial charge < -0.3 is 4.55 Å². The van der Waals surface area contributed by atoms with Gasteiger partial charge in [0.25, 0.3) is 0 Å². The molecule has 8 heteroatoms. The molecule has 1 aliphatic rings. The summed E-state index contributed by atoms with van der Waals surface area (Å²) in [6, 6.07) is 0. The molecule has 134 valence electrons. The van der Waals surface area contributed by atoms with E-state index in [4.69, 9.17) is 13.0 Å². The van der Waals surface area contributed by atoms with Crippen molar-refractivity contribution in [1.29, 1.82) is 0 Å². The van der Waals surface area contributed by atoms with Gasteiger partial charge >= 0.3 is 55.8 Å². The molecule has 0 saturated heterocycles. The average Bonchev–Trinajstić information content (AvgIpc) is 2.34. The summed E-state index contributed by atoms with van der Waals surface area (Å²) < 4.78 is 58.9. The summed E-state index contributed by atoms with van der Waals surface area (Å²) in [5.41, 5.74) is -5.65. The van der Waals surface area contributed by atoms with Gasteiger partial charge in [-0.3, -0.25) is 0 Å². The summed E-state index contributed by atoms with van der Waals surface area (Å²) in [6.07, 6.45) is 18.1. The topological polar surface area (TPSA) is 57.2 Å². The summed E-state index contributed by atoms with van der Waals surface area (Å²) in [6.45, 7) is 2.22. The number of allylic oxidation sites excluding steroid dienone is 4. The van der Waals surface area contributed by atoms with Crippen molar-refractivity contribution in [2.24, 2.45) is 0 Å². The van der Waals surface area contributed by atoms with Crippen molar-refractivity contribution in [3.63, 3.8) is 0 Å². The zero-order valence-corrected chi connectivity index (χ0v) is 14.9. The van der Waals surface area contributed by atoms with Gasteiger partial charge in [-0.25, -0.2) is 8.42 Å². The Balaban J connectivity index is 0. The van der Waals surface area contributed by atoms with Gasteiger partial charge in [0.2, 0.25) is 0 Å². The minimum atomic E-state index is -6.09. The van der Waals surface area contributed by atoms with Crippen molar-refractivity contribution in [3.8, 4) is 0 Å². The molecule has 0 N–H and O–H groups in total. The number of alkyl halides is 3. The van der Waals surface area contributed by atoms with Crippen LogP contribution in [0.5, 0.6) is 0 Å². The Bertz CT molecular complexity index is 374. The van der Waals surface area contributed by atoms with E-state index >= 15 is 0 Å². The summed E-state index contributed by atoms with van der Waals surface area (Å²) >= 11 is 3.13. The second-order valence-electron chi connectivity index (χ2n) is 4.36. The maximum Gasteiger partial charge on any atom is 0.485 e. The third-order valence-electron chi connectivity index (χ3n) is 2.33. The van der Waals surface area contributed by atoms with Gasteiger partial charge in [0.1, 0.15) is 0 Å². The van der Waals surface area contributed by atoms with Crippen molar-refractivity contribution in [1.82, 2.24) is 0 Å². The van der Waals surface area contributed by atoms with E-state index in [2.05, 4.69) is 50.4 Å². The molecule has 0 atom stereocenters. The quantitative estimate of drug-likeness (QED) is 0.209. The Labute approximate surface area is 142 Å². The van der Waals surface area contributed by atoms with Crippen LogP contribution in [0.15, 0.2) is 24.3 Å². The van der Waals surface area contributed by atoms with Crippen LogP contribution in [0.1, 0.15) is 51.9 Å². The van der Waals surface area contributed by atoms with Crippen LogP contribution in [-0.4, -0.2) is 18.5 Å². The number of hydrogen-bond acceptors (Lipinski definition) is 3. The fourth-order valence-electron chi connectivity index (χ4n) is 1.19. The molecule has 0 aromatic rings. The average molecular weight is 435 g/mol. The van der Waals surface area contributed by atoms with Gasteiger partial charge in [0.15, 0.2) is 10.1 Å². The molecular formula is C14H23F3O3PdS. The predicted molar refractivity (Wildman–Crippen MR) is 76.8 cm³/mol. The molecule has 0 fully saturated rings. The Kier molecular flexibility index (Phi) is 15.8. The largest absolute Gasteiger partial charge is 0.741 e. The molecule has 0 aliphatic heterocycles. The Morgan fingerprint density at radius 3 is 1.45 bits per heavy atom. The molecule has 22 heavy (non-hydrogen) atoms. The van der Waals surface area contributed by atoms with Crippen molar-refractivity contribution in [2.75, 3.05) is 0 Å². The first-order valence-corrected chi connectivity index (χ1v) is 9.51. The molecular weight excluding hydrogens is 412 g/mol. The van der Waals surface area contributed by atoms with E-state index in [1.807, 2.05) is 0 Å². The molecule has 0 heterocycles. The van der Waals surface area contributed by atoms with Crippen LogP contribution in [0.4, 0.5) is 13.2 Å². The minimum absolute atomic E-state index is 1.20. The number of hydrogen-bond donors (Lipinski definition) is 0. The first kappa shape index (κ1) is 24.1. The molecule has 0 amide bonds. The maximum atomic E-state index is 10.7. The molecule has 0 aromatic carbocycles. The van der Waals surface area contributed by atoms with E-state index in [9.17, 15) is 13.2 Å². The summed E-state index contributed by atoms with van der Waals surface area (Å²) in [5.74, 6) is 0. The normalized spacial score (nSPS) is 17.8. The number of rotatable bonds is 3. The standard InChI is InChI=1S/C8H12.C5H11.CHF3O3S.Pd/c1-2-4-6-8-7-5-3-1;1-3-5-4-2;2-1(3,4)8(5,6)7;/h1-2,7-8H,3-6H2;1,3-5H2,2H3;(H,5,6,7);/q;;;+1/p-1/b2-1-,8-7-;;;. The SMILES string of the molecule is C1=C\CC/C=C\CC/1.CCCC[CH2][Pd+].O=S(=O)([O-])C(F)(F)F. The predicted octanol–water partition coefficient (Wildman–Crippen LogP) is 4.87.